The van der Waals surface area contributed by atoms with Crippen molar-refractivity contribution in [3.63, 3.8) is 0 Å². The SMILES string of the molecule is Cc1sc2ccn(Cc3ccc(C(F)(F)F)cc3)c2c1C(=O)NC(C)c1ccc(C(=O)O)cc1. The summed E-state index contributed by atoms with van der Waals surface area (Å²) in [5.74, 6) is -1.29. The molecule has 5 nitrogen and oxygen atoms in total. The van der Waals surface area contributed by atoms with Crippen molar-refractivity contribution in [2.75, 3.05) is 0 Å². The van der Waals surface area contributed by atoms with Crippen molar-refractivity contribution >= 4 is 33.4 Å². The highest BCUT2D eigenvalue weighted by Gasteiger charge is 2.30. The van der Waals surface area contributed by atoms with Crippen molar-refractivity contribution in [1.29, 1.82) is 0 Å². The second-order valence-corrected chi connectivity index (χ2v) is 9.26. The Morgan fingerprint density at radius 1 is 1.06 bits per heavy atom. The van der Waals surface area contributed by atoms with Crippen LogP contribution >= 0.6 is 11.3 Å². The van der Waals surface area contributed by atoms with Crippen molar-refractivity contribution in [2.24, 2.45) is 0 Å². The molecule has 34 heavy (non-hydrogen) atoms. The van der Waals surface area contributed by atoms with Gasteiger partial charge < -0.3 is 15.0 Å². The summed E-state index contributed by atoms with van der Waals surface area (Å²) in [5, 5.41) is 12.0. The molecule has 0 aliphatic carbocycles. The highest BCUT2D eigenvalue weighted by atomic mass is 32.1. The topological polar surface area (TPSA) is 71.3 Å². The van der Waals surface area contributed by atoms with Gasteiger partial charge in [-0.05, 0) is 55.3 Å². The van der Waals surface area contributed by atoms with Crippen LogP contribution in [-0.4, -0.2) is 21.6 Å². The van der Waals surface area contributed by atoms with Crippen molar-refractivity contribution in [1.82, 2.24) is 9.88 Å². The number of halogens is 3. The van der Waals surface area contributed by atoms with E-state index in [9.17, 15) is 22.8 Å². The van der Waals surface area contributed by atoms with E-state index in [1.807, 2.05) is 30.7 Å². The molecule has 4 aromatic rings. The fourth-order valence-corrected chi connectivity index (χ4v) is 4.91. The molecule has 0 radical (unpaired) electrons. The quantitative estimate of drug-likeness (QED) is 0.338. The van der Waals surface area contributed by atoms with Gasteiger partial charge in [-0.15, -0.1) is 11.3 Å². The van der Waals surface area contributed by atoms with E-state index in [1.165, 1.54) is 35.6 Å². The van der Waals surface area contributed by atoms with Gasteiger partial charge in [-0.25, -0.2) is 4.79 Å². The standard InChI is InChI=1S/C25H21F3N2O3S/c1-14(17-5-7-18(8-6-17)24(32)33)29-23(31)21-15(2)34-20-11-12-30(22(20)21)13-16-3-9-19(10-4-16)25(26,27)28/h3-12,14H,13H2,1-2H3,(H,29,31)(H,32,33). The molecule has 0 fully saturated rings. The zero-order valence-electron chi connectivity index (χ0n) is 18.3. The highest BCUT2D eigenvalue weighted by Crippen LogP contribution is 2.33. The zero-order chi connectivity index (χ0) is 24.6. The maximum absolute atomic E-state index is 13.2. The van der Waals surface area contributed by atoms with Crippen molar-refractivity contribution in [2.45, 2.75) is 32.6 Å². The molecule has 0 saturated carbocycles. The number of alkyl halides is 3. The molecule has 9 heteroatoms. The third kappa shape index (κ3) is 4.70. The molecule has 0 saturated heterocycles. The number of thiophene rings is 1. The van der Waals surface area contributed by atoms with Crippen LogP contribution in [0.4, 0.5) is 13.2 Å². The van der Waals surface area contributed by atoms with Gasteiger partial charge in [-0.2, -0.15) is 13.2 Å². The number of aryl methyl sites for hydroxylation is 1. The predicted octanol–water partition coefficient (Wildman–Crippen LogP) is 6.27. The summed E-state index contributed by atoms with van der Waals surface area (Å²) in [4.78, 5) is 25.1. The third-order valence-corrected chi connectivity index (χ3v) is 6.70. The van der Waals surface area contributed by atoms with Crippen LogP contribution in [0, 0.1) is 6.92 Å². The smallest absolute Gasteiger partial charge is 0.416 e. The van der Waals surface area contributed by atoms with Crippen LogP contribution in [0.15, 0.2) is 60.8 Å². The van der Waals surface area contributed by atoms with Gasteiger partial charge in [-0.3, -0.25) is 4.79 Å². The first-order chi connectivity index (χ1) is 16.0. The fourth-order valence-electron chi connectivity index (χ4n) is 3.85. The fraction of sp³-hybridized carbons (Fsp3) is 0.200. The molecule has 4 rings (SSSR count). The summed E-state index contributed by atoms with van der Waals surface area (Å²) < 4.78 is 41.3. The van der Waals surface area contributed by atoms with Gasteiger partial charge in [0.05, 0.1) is 32.9 Å². The van der Waals surface area contributed by atoms with Gasteiger partial charge in [0.15, 0.2) is 0 Å². The lowest BCUT2D eigenvalue weighted by atomic mass is 10.1. The van der Waals surface area contributed by atoms with Crippen LogP contribution in [0.25, 0.3) is 10.2 Å². The summed E-state index contributed by atoms with van der Waals surface area (Å²) in [6, 6.07) is 12.8. The minimum Gasteiger partial charge on any atom is -0.478 e. The Bertz CT molecular complexity index is 1350. The van der Waals surface area contributed by atoms with Crippen LogP contribution in [0.2, 0.25) is 0 Å². The second kappa shape index (κ2) is 8.98. The minimum absolute atomic E-state index is 0.166. The average molecular weight is 487 g/mol. The van der Waals surface area contributed by atoms with Gasteiger partial charge in [0.2, 0.25) is 0 Å². The number of amides is 1. The van der Waals surface area contributed by atoms with E-state index in [-0.39, 0.29) is 17.5 Å². The van der Waals surface area contributed by atoms with Gasteiger partial charge in [-0.1, -0.05) is 24.3 Å². The molecule has 176 valence electrons. The summed E-state index contributed by atoms with van der Waals surface area (Å²) in [5.41, 5.74) is 2.17. The van der Waals surface area contributed by atoms with E-state index in [0.29, 0.717) is 17.7 Å². The first kappa shape index (κ1) is 23.6. The minimum atomic E-state index is -4.39. The number of aromatic carboxylic acids is 1. The molecular weight excluding hydrogens is 465 g/mol. The van der Waals surface area contributed by atoms with Crippen LogP contribution in [-0.2, 0) is 12.7 Å². The molecule has 1 unspecified atom stereocenters. The zero-order valence-corrected chi connectivity index (χ0v) is 19.1. The van der Waals surface area contributed by atoms with Gasteiger partial charge >= 0.3 is 12.1 Å². The summed E-state index contributed by atoms with van der Waals surface area (Å²) >= 11 is 1.48. The number of nitrogens with one attached hydrogen (secondary N) is 1. The number of rotatable bonds is 6. The number of aromatic nitrogens is 1. The summed E-state index contributed by atoms with van der Waals surface area (Å²) in [6.45, 7) is 3.99. The molecule has 1 atom stereocenters. The first-order valence-corrected chi connectivity index (χ1v) is 11.2. The predicted molar refractivity (Wildman–Crippen MR) is 124 cm³/mol. The number of benzene rings is 2. The number of carbonyl (C=O) groups is 2. The van der Waals surface area contributed by atoms with Gasteiger partial charge in [0.1, 0.15) is 0 Å². The molecule has 2 N–H and O–H groups in total. The van der Waals surface area contributed by atoms with Crippen LogP contribution in [0.5, 0.6) is 0 Å². The number of carboxylic acids is 1. The Morgan fingerprint density at radius 2 is 1.71 bits per heavy atom. The lowest BCUT2D eigenvalue weighted by Crippen LogP contribution is -2.27. The van der Waals surface area contributed by atoms with E-state index < -0.39 is 17.7 Å². The number of hydrogen-bond acceptors (Lipinski definition) is 3. The summed E-state index contributed by atoms with van der Waals surface area (Å²) in [7, 11) is 0. The molecule has 0 spiro atoms. The lowest BCUT2D eigenvalue weighted by Gasteiger charge is -2.15. The van der Waals surface area contributed by atoms with Gasteiger partial charge in [0, 0.05) is 17.6 Å². The van der Waals surface area contributed by atoms with Crippen LogP contribution < -0.4 is 5.32 Å². The number of carbonyl (C=O) groups excluding carboxylic acids is 1. The first-order valence-electron chi connectivity index (χ1n) is 10.4. The molecule has 2 aromatic heterocycles. The van der Waals surface area contributed by atoms with Crippen LogP contribution in [0.3, 0.4) is 0 Å². The molecule has 0 aliphatic rings. The Labute approximate surface area is 197 Å². The Hall–Kier alpha value is -3.59. The maximum Gasteiger partial charge on any atom is 0.416 e. The summed E-state index contributed by atoms with van der Waals surface area (Å²) in [6.07, 6.45) is -2.57. The molecule has 0 bridgehead atoms. The van der Waals surface area contributed by atoms with Crippen molar-refractivity contribution in [3.8, 4) is 0 Å². The second-order valence-electron chi connectivity index (χ2n) is 8.01. The van der Waals surface area contributed by atoms with E-state index in [0.717, 1.165) is 32.8 Å². The maximum atomic E-state index is 13.2. The number of fused-ring (bicyclic) bond motifs is 1. The Kier molecular flexibility index (Phi) is 6.22. The molecule has 2 aromatic carbocycles. The molecule has 0 aliphatic heterocycles. The Morgan fingerprint density at radius 3 is 2.29 bits per heavy atom. The van der Waals surface area contributed by atoms with Crippen molar-refractivity contribution < 1.29 is 27.9 Å². The van der Waals surface area contributed by atoms with E-state index in [1.54, 1.807) is 12.1 Å². The van der Waals surface area contributed by atoms with E-state index in [4.69, 9.17) is 5.11 Å². The third-order valence-electron chi connectivity index (χ3n) is 5.64. The molecule has 2 heterocycles. The molecule has 1 amide bonds. The van der Waals surface area contributed by atoms with E-state index >= 15 is 0 Å². The van der Waals surface area contributed by atoms with E-state index in [2.05, 4.69) is 5.32 Å². The van der Waals surface area contributed by atoms with Crippen molar-refractivity contribution in [3.05, 3.63) is 93.5 Å². The molecular formula is C25H21F3N2O3S. The van der Waals surface area contributed by atoms with Gasteiger partial charge in [0.25, 0.3) is 5.91 Å². The monoisotopic (exact) mass is 486 g/mol. The number of carboxylic acid groups (broad SMARTS) is 1. The van der Waals surface area contributed by atoms with Crippen LogP contribution in [0.1, 0.15) is 55.2 Å². The highest BCUT2D eigenvalue weighted by molar-refractivity contribution is 7.19. The normalized spacial score (nSPS) is 12.6. The largest absolute Gasteiger partial charge is 0.478 e. The number of nitrogens with zero attached hydrogens (tertiary/aromatic N) is 1. The Balaban J connectivity index is 1.58. The average Bonchev–Trinajstić information content (AvgIpc) is 3.31. The number of hydrogen-bond donors (Lipinski definition) is 2. The lowest BCUT2D eigenvalue weighted by molar-refractivity contribution is -0.137.